The normalized spacial score (nSPS) is 20.7. The van der Waals surface area contributed by atoms with Crippen molar-refractivity contribution in [2.45, 2.75) is 25.3 Å². The summed E-state index contributed by atoms with van der Waals surface area (Å²) < 4.78 is 0. The van der Waals surface area contributed by atoms with E-state index in [0.29, 0.717) is 12.1 Å². The molecule has 1 N–H and O–H groups in total. The Morgan fingerprint density at radius 1 is 1.17 bits per heavy atom. The number of amides is 4. The number of aryl methyl sites for hydroxylation is 1. The highest BCUT2D eigenvalue weighted by Gasteiger charge is 2.50. The van der Waals surface area contributed by atoms with Gasteiger partial charge in [-0.2, -0.15) is 0 Å². The van der Waals surface area contributed by atoms with Gasteiger partial charge in [0, 0.05) is 24.4 Å². The number of carbonyl (C=O) groups is 3. The van der Waals surface area contributed by atoms with Crippen molar-refractivity contribution < 1.29 is 19.3 Å². The molecule has 154 valence electrons. The van der Waals surface area contributed by atoms with Crippen LogP contribution in [0.15, 0.2) is 48.5 Å². The first-order chi connectivity index (χ1) is 14.3. The van der Waals surface area contributed by atoms with Crippen LogP contribution in [0.4, 0.5) is 16.2 Å². The summed E-state index contributed by atoms with van der Waals surface area (Å²) in [6, 6.07) is 12.3. The van der Waals surface area contributed by atoms with Crippen molar-refractivity contribution in [2.24, 2.45) is 0 Å². The zero-order valence-electron chi connectivity index (χ0n) is 16.3. The second-order valence-electron chi connectivity index (χ2n) is 7.53. The highest BCUT2D eigenvalue weighted by Crippen LogP contribution is 2.31. The third-order valence-electron chi connectivity index (χ3n) is 5.64. The molecule has 1 atom stereocenters. The van der Waals surface area contributed by atoms with Crippen LogP contribution in [-0.4, -0.2) is 40.8 Å². The summed E-state index contributed by atoms with van der Waals surface area (Å²) in [6.07, 6.45) is 1.69. The summed E-state index contributed by atoms with van der Waals surface area (Å²) in [4.78, 5) is 51.4. The summed E-state index contributed by atoms with van der Waals surface area (Å²) in [5.74, 6) is -0.904. The van der Waals surface area contributed by atoms with Gasteiger partial charge in [0.1, 0.15) is 12.1 Å². The third kappa shape index (κ3) is 3.18. The lowest BCUT2D eigenvalue weighted by molar-refractivity contribution is -0.384. The van der Waals surface area contributed by atoms with Gasteiger partial charge in [-0.1, -0.05) is 18.2 Å². The molecule has 2 aliphatic rings. The molecule has 0 unspecified atom stereocenters. The first kappa shape index (κ1) is 19.6. The predicted octanol–water partition coefficient (Wildman–Crippen LogP) is 2.34. The van der Waals surface area contributed by atoms with Crippen molar-refractivity contribution >= 4 is 29.2 Å². The minimum absolute atomic E-state index is 0.116. The largest absolute Gasteiger partial charge is 0.325 e. The van der Waals surface area contributed by atoms with Crippen LogP contribution in [0.5, 0.6) is 0 Å². The van der Waals surface area contributed by atoms with Crippen LogP contribution < -0.4 is 10.2 Å². The first-order valence-corrected chi connectivity index (χ1v) is 9.58. The predicted molar refractivity (Wildman–Crippen MR) is 108 cm³/mol. The smallest absolute Gasteiger partial charge is 0.319 e. The molecule has 1 saturated heterocycles. The molecular weight excluding hydrogens is 388 g/mol. The van der Waals surface area contributed by atoms with E-state index in [-0.39, 0.29) is 18.1 Å². The van der Waals surface area contributed by atoms with Gasteiger partial charge in [0.15, 0.2) is 0 Å². The number of para-hydroxylation sites is 1. The number of urea groups is 1. The number of hydrogen-bond donors (Lipinski definition) is 1. The Kier molecular flexibility index (Phi) is 4.73. The number of benzene rings is 2. The maximum Gasteiger partial charge on any atom is 0.325 e. The number of hydrogen-bond acceptors (Lipinski definition) is 5. The second kappa shape index (κ2) is 7.25. The Labute approximate surface area is 172 Å². The number of fused-ring (bicyclic) bond motifs is 1. The zero-order chi connectivity index (χ0) is 21.5. The average molecular weight is 408 g/mol. The molecule has 9 nitrogen and oxygen atoms in total. The van der Waals surface area contributed by atoms with Crippen LogP contribution in [0.1, 0.15) is 24.5 Å². The summed E-state index contributed by atoms with van der Waals surface area (Å²) in [6.45, 7) is 1.68. The molecule has 0 saturated carbocycles. The monoisotopic (exact) mass is 408 g/mol. The van der Waals surface area contributed by atoms with Gasteiger partial charge in [-0.25, -0.2) is 4.79 Å². The molecule has 2 aromatic carbocycles. The molecule has 4 amide bonds. The molecule has 0 spiro atoms. The van der Waals surface area contributed by atoms with E-state index < -0.39 is 22.4 Å². The molecule has 2 heterocycles. The minimum Gasteiger partial charge on any atom is -0.319 e. The van der Waals surface area contributed by atoms with E-state index in [0.717, 1.165) is 29.0 Å². The lowest BCUT2D eigenvalue weighted by atomic mass is 9.92. The maximum atomic E-state index is 13.1. The van der Waals surface area contributed by atoms with Gasteiger partial charge >= 0.3 is 6.03 Å². The Hall–Kier alpha value is -3.75. The molecule has 4 rings (SSSR count). The van der Waals surface area contributed by atoms with Crippen molar-refractivity contribution in [2.75, 3.05) is 18.0 Å². The van der Waals surface area contributed by atoms with E-state index in [1.54, 1.807) is 4.90 Å². The number of rotatable bonds is 4. The lowest BCUT2D eigenvalue weighted by Gasteiger charge is -2.30. The Bertz CT molecular complexity index is 1050. The van der Waals surface area contributed by atoms with Crippen LogP contribution in [0.2, 0.25) is 0 Å². The SMILES string of the molecule is C[C@]1(c2ccc([N+](=O)[O-])cc2)NC(=O)N(CC(=O)N2CCCc3ccccc32)C1=O. The summed E-state index contributed by atoms with van der Waals surface area (Å²) >= 11 is 0. The molecule has 2 aliphatic heterocycles. The van der Waals surface area contributed by atoms with Crippen LogP contribution in [0.3, 0.4) is 0 Å². The fourth-order valence-corrected chi connectivity index (χ4v) is 3.97. The van der Waals surface area contributed by atoms with Gasteiger partial charge in [0.2, 0.25) is 5.91 Å². The number of non-ortho nitro benzene ring substituents is 1. The average Bonchev–Trinajstić information content (AvgIpc) is 2.97. The number of nitrogens with one attached hydrogen (secondary N) is 1. The number of carbonyl (C=O) groups excluding carboxylic acids is 3. The summed E-state index contributed by atoms with van der Waals surface area (Å²) in [7, 11) is 0. The number of imide groups is 1. The number of nitro benzene ring substituents is 1. The topological polar surface area (TPSA) is 113 Å². The molecule has 0 aliphatic carbocycles. The van der Waals surface area contributed by atoms with Crippen molar-refractivity contribution in [1.29, 1.82) is 0 Å². The summed E-state index contributed by atoms with van der Waals surface area (Å²) in [5, 5.41) is 13.5. The van der Waals surface area contributed by atoms with E-state index in [2.05, 4.69) is 5.32 Å². The fourth-order valence-electron chi connectivity index (χ4n) is 3.97. The minimum atomic E-state index is -1.40. The number of nitrogens with zero attached hydrogens (tertiary/aromatic N) is 3. The number of anilines is 1. The fraction of sp³-hybridized carbons (Fsp3) is 0.286. The molecule has 0 aromatic heterocycles. The molecule has 0 radical (unpaired) electrons. The molecule has 1 fully saturated rings. The van der Waals surface area contributed by atoms with Gasteiger partial charge < -0.3 is 10.2 Å². The van der Waals surface area contributed by atoms with Crippen LogP contribution in [0, 0.1) is 10.1 Å². The van der Waals surface area contributed by atoms with Gasteiger partial charge in [-0.3, -0.25) is 24.6 Å². The van der Waals surface area contributed by atoms with Gasteiger partial charge in [-0.05, 0) is 49.1 Å². The van der Waals surface area contributed by atoms with Crippen LogP contribution >= 0.6 is 0 Å². The molecule has 2 aromatic rings. The van der Waals surface area contributed by atoms with Crippen molar-refractivity contribution in [3.8, 4) is 0 Å². The van der Waals surface area contributed by atoms with Crippen LogP contribution in [0.25, 0.3) is 0 Å². The van der Waals surface area contributed by atoms with Gasteiger partial charge in [0.05, 0.1) is 4.92 Å². The van der Waals surface area contributed by atoms with E-state index in [4.69, 9.17) is 0 Å². The highest BCUT2D eigenvalue weighted by atomic mass is 16.6. The molecule has 30 heavy (non-hydrogen) atoms. The molecule has 0 bridgehead atoms. The first-order valence-electron chi connectivity index (χ1n) is 9.58. The quantitative estimate of drug-likeness (QED) is 0.474. The highest BCUT2D eigenvalue weighted by molar-refractivity contribution is 6.10. The maximum absolute atomic E-state index is 13.1. The van der Waals surface area contributed by atoms with Crippen molar-refractivity contribution in [1.82, 2.24) is 10.2 Å². The second-order valence-corrected chi connectivity index (χ2v) is 7.53. The lowest BCUT2D eigenvalue weighted by Crippen LogP contribution is -2.46. The van der Waals surface area contributed by atoms with Crippen molar-refractivity contribution in [3.05, 3.63) is 69.8 Å². The zero-order valence-corrected chi connectivity index (χ0v) is 16.3. The van der Waals surface area contributed by atoms with E-state index >= 15 is 0 Å². The summed E-state index contributed by atoms with van der Waals surface area (Å²) in [5.41, 5.74) is 0.760. The molecule has 9 heteroatoms. The van der Waals surface area contributed by atoms with Gasteiger partial charge in [0.25, 0.3) is 11.6 Å². The Morgan fingerprint density at radius 2 is 1.87 bits per heavy atom. The van der Waals surface area contributed by atoms with E-state index in [1.165, 1.54) is 31.2 Å². The van der Waals surface area contributed by atoms with E-state index in [1.807, 2.05) is 24.3 Å². The Morgan fingerprint density at radius 3 is 2.57 bits per heavy atom. The number of nitro groups is 1. The van der Waals surface area contributed by atoms with E-state index in [9.17, 15) is 24.5 Å². The van der Waals surface area contributed by atoms with Crippen molar-refractivity contribution in [3.63, 3.8) is 0 Å². The standard InChI is InChI=1S/C21H20N4O5/c1-21(15-8-10-16(11-9-15)25(29)30)19(27)24(20(28)22-21)13-18(26)23-12-4-6-14-5-2-3-7-17(14)23/h2-3,5,7-11H,4,6,12-13H2,1H3,(H,22,28)/t21-/m1/s1. The van der Waals surface area contributed by atoms with Crippen LogP contribution in [-0.2, 0) is 21.5 Å². The van der Waals surface area contributed by atoms with Gasteiger partial charge in [-0.15, -0.1) is 0 Å². The molecular formula is C21H20N4O5. The Balaban J connectivity index is 1.55. The third-order valence-corrected chi connectivity index (χ3v) is 5.64.